The number of aryl methyl sites for hydroxylation is 1. The summed E-state index contributed by atoms with van der Waals surface area (Å²) in [7, 11) is -4.06. The number of hydrogen-bond acceptors (Lipinski definition) is 7. The molecule has 2 heterocycles. The van der Waals surface area contributed by atoms with E-state index in [1.54, 1.807) is 18.2 Å². The molecule has 10 nitrogen and oxygen atoms in total. The number of carboxylic acids is 1. The van der Waals surface area contributed by atoms with Crippen molar-refractivity contribution >= 4 is 38.6 Å². The Labute approximate surface area is 221 Å². The number of nitrogens with one attached hydrogen (secondary N) is 3. The smallest absolute Gasteiger partial charge is 0.322 e. The monoisotopic (exact) mass is 540 g/mol. The van der Waals surface area contributed by atoms with Crippen molar-refractivity contribution < 1.29 is 27.5 Å². The minimum atomic E-state index is -4.06. The van der Waals surface area contributed by atoms with Gasteiger partial charge in [0.25, 0.3) is 0 Å². The SMILES string of the molecule is CC(C)c1ccc(S(=O)(=O)NC(Cc2occ3cc(CCC(=O)NC4=NCCCN4)ccc23)C(=O)O)cc1. The van der Waals surface area contributed by atoms with E-state index < -0.39 is 22.0 Å². The third-order valence-corrected chi connectivity index (χ3v) is 7.87. The number of guanidine groups is 1. The summed E-state index contributed by atoms with van der Waals surface area (Å²) in [6.07, 6.45) is 3.06. The fraction of sp³-hybridized carbons (Fsp3) is 0.370. The number of nitrogens with zero attached hydrogens (tertiary/aromatic N) is 1. The van der Waals surface area contributed by atoms with Crippen molar-refractivity contribution in [1.29, 1.82) is 0 Å². The summed E-state index contributed by atoms with van der Waals surface area (Å²) in [5.41, 5.74) is 1.90. The molecule has 0 saturated heterocycles. The van der Waals surface area contributed by atoms with Crippen LogP contribution in [0, 0.1) is 0 Å². The van der Waals surface area contributed by atoms with Crippen molar-refractivity contribution in [2.24, 2.45) is 4.99 Å². The van der Waals surface area contributed by atoms with Crippen LogP contribution in [0.4, 0.5) is 0 Å². The number of hydrogen-bond donors (Lipinski definition) is 4. The number of carboxylic acid groups (broad SMARTS) is 1. The fourth-order valence-corrected chi connectivity index (χ4v) is 5.39. The number of carbonyl (C=O) groups excluding carboxylic acids is 1. The second-order valence-electron chi connectivity index (χ2n) is 9.58. The van der Waals surface area contributed by atoms with Crippen LogP contribution < -0.4 is 15.4 Å². The predicted molar refractivity (Wildman–Crippen MR) is 144 cm³/mol. The summed E-state index contributed by atoms with van der Waals surface area (Å²) < 4.78 is 33.7. The zero-order valence-corrected chi connectivity index (χ0v) is 22.2. The van der Waals surface area contributed by atoms with Crippen LogP contribution in [0.3, 0.4) is 0 Å². The third-order valence-electron chi connectivity index (χ3n) is 6.38. The number of carbonyl (C=O) groups is 2. The molecule has 3 aromatic rings. The molecular formula is C27H32N4O6S. The van der Waals surface area contributed by atoms with Gasteiger partial charge >= 0.3 is 5.97 Å². The van der Waals surface area contributed by atoms with Gasteiger partial charge in [0.15, 0.2) is 5.96 Å². The largest absolute Gasteiger partial charge is 0.480 e. The molecule has 1 aliphatic rings. The van der Waals surface area contributed by atoms with Gasteiger partial charge in [-0.15, -0.1) is 0 Å². The normalized spacial score (nSPS) is 14.7. The lowest BCUT2D eigenvalue weighted by Gasteiger charge is -2.15. The minimum Gasteiger partial charge on any atom is -0.480 e. The highest BCUT2D eigenvalue weighted by molar-refractivity contribution is 7.89. The standard InChI is InChI=1S/C27H32N4O6S/c1-17(2)19-6-8-21(9-7-19)38(35,36)31-23(26(33)34)15-24-22-10-4-18(14-20(22)16-37-24)5-11-25(32)30-27-28-12-3-13-29-27/h4,6-10,14,16-17,23,31H,3,5,11-13,15H2,1-2H3,(H,33,34)(H2,28,29,30,32). The molecule has 202 valence electrons. The summed E-state index contributed by atoms with van der Waals surface area (Å²) >= 11 is 0. The van der Waals surface area contributed by atoms with E-state index in [1.165, 1.54) is 18.4 Å². The summed E-state index contributed by atoms with van der Waals surface area (Å²) in [6, 6.07) is 10.5. The molecule has 4 N–H and O–H groups in total. The van der Waals surface area contributed by atoms with Gasteiger partial charge in [-0.05, 0) is 48.1 Å². The molecule has 0 aliphatic carbocycles. The minimum absolute atomic E-state index is 0.00234. The van der Waals surface area contributed by atoms with E-state index in [4.69, 9.17) is 4.42 Å². The van der Waals surface area contributed by atoms with Crippen LogP contribution in [0.2, 0.25) is 0 Å². The van der Waals surface area contributed by atoms with Gasteiger partial charge in [-0.2, -0.15) is 4.72 Å². The summed E-state index contributed by atoms with van der Waals surface area (Å²) in [6.45, 7) is 5.48. The van der Waals surface area contributed by atoms with E-state index in [-0.39, 0.29) is 29.6 Å². The third kappa shape index (κ3) is 6.78. The number of benzene rings is 2. The zero-order valence-electron chi connectivity index (χ0n) is 21.4. The van der Waals surface area contributed by atoms with Gasteiger partial charge in [0.05, 0.1) is 11.2 Å². The van der Waals surface area contributed by atoms with Crippen molar-refractivity contribution in [2.75, 3.05) is 13.1 Å². The molecule has 1 unspecified atom stereocenters. The van der Waals surface area contributed by atoms with Gasteiger partial charge in [-0.3, -0.25) is 19.9 Å². The van der Waals surface area contributed by atoms with Crippen LogP contribution in [0.25, 0.3) is 10.8 Å². The maximum atomic E-state index is 12.9. The van der Waals surface area contributed by atoms with E-state index in [0.29, 0.717) is 30.1 Å². The number of fused-ring (bicyclic) bond motifs is 1. The molecule has 11 heteroatoms. The highest BCUT2D eigenvalue weighted by atomic mass is 32.2. The Hall–Kier alpha value is -3.70. The Kier molecular flexibility index (Phi) is 8.48. The lowest BCUT2D eigenvalue weighted by molar-refractivity contribution is -0.139. The molecule has 1 atom stereocenters. The molecule has 4 rings (SSSR count). The van der Waals surface area contributed by atoms with E-state index in [2.05, 4.69) is 20.3 Å². The van der Waals surface area contributed by atoms with Crippen LogP contribution in [0.5, 0.6) is 0 Å². The highest BCUT2D eigenvalue weighted by Crippen LogP contribution is 2.25. The van der Waals surface area contributed by atoms with Gasteiger partial charge < -0.3 is 14.8 Å². The van der Waals surface area contributed by atoms with Crippen LogP contribution in [0.15, 0.2) is 63.0 Å². The maximum Gasteiger partial charge on any atom is 0.322 e. The number of rotatable bonds is 10. The average Bonchev–Trinajstić information content (AvgIpc) is 3.29. The molecule has 1 aromatic heterocycles. The zero-order chi connectivity index (χ0) is 27.3. The number of aliphatic imine (C=N–C) groups is 1. The number of amides is 1. The second kappa shape index (κ2) is 11.8. The van der Waals surface area contributed by atoms with Gasteiger partial charge in [-0.25, -0.2) is 8.42 Å². The van der Waals surface area contributed by atoms with Crippen molar-refractivity contribution in [2.45, 2.75) is 56.4 Å². The van der Waals surface area contributed by atoms with Crippen molar-refractivity contribution in [3.63, 3.8) is 0 Å². The predicted octanol–water partition coefficient (Wildman–Crippen LogP) is 2.93. The quantitative estimate of drug-likeness (QED) is 0.309. The molecule has 1 amide bonds. The van der Waals surface area contributed by atoms with E-state index in [9.17, 15) is 23.1 Å². The van der Waals surface area contributed by atoms with Gasteiger partial charge in [0.1, 0.15) is 11.8 Å². The lowest BCUT2D eigenvalue weighted by atomic mass is 10.0. The number of aliphatic carboxylic acids is 1. The summed E-state index contributed by atoms with van der Waals surface area (Å²) in [4.78, 5) is 28.4. The molecule has 0 saturated carbocycles. The summed E-state index contributed by atoms with van der Waals surface area (Å²) in [5.74, 6) is -0.341. The number of sulfonamides is 1. The maximum absolute atomic E-state index is 12.9. The molecule has 0 bridgehead atoms. The number of furan rings is 1. The Balaban J connectivity index is 1.41. The van der Waals surface area contributed by atoms with Crippen LogP contribution in [-0.2, 0) is 32.5 Å². The molecule has 0 fully saturated rings. The van der Waals surface area contributed by atoms with E-state index in [0.717, 1.165) is 29.5 Å². The van der Waals surface area contributed by atoms with E-state index in [1.807, 2.05) is 26.0 Å². The van der Waals surface area contributed by atoms with Gasteiger partial charge in [-0.1, -0.05) is 38.1 Å². The van der Waals surface area contributed by atoms with Crippen molar-refractivity contribution in [1.82, 2.24) is 15.4 Å². The molecule has 0 radical (unpaired) electrons. The molecular weight excluding hydrogens is 508 g/mol. The van der Waals surface area contributed by atoms with Gasteiger partial charge in [0, 0.05) is 36.7 Å². The Bertz CT molecular complexity index is 1440. The highest BCUT2D eigenvalue weighted by Gasteiger charge is 2.27. The first-order chi connectivity index (χ1) is 18.1. The molecule has 2 aromatic carbocycles. The first-order valence-corrected chi connectivity index (χ1v) is 14.0. The van der Waals surface area contributed by atoms with Crippen LogP contribution in [0.1, 0.15) is 49.5 Å². The summed E-state index contributed by atoms with van der Waals surface area (Å²) in [5, 5.41) is 17.0. The van der Waals surface area contributed by atoms with Crippen molar-refractivity contribution in [3.05, 3.63) is 65.6 Å². The first kappa shape index (κ1) is 27.3. The lowest BCUT2D eigenvalue weighted by Crippen LogP contribution is -2.43. The van der Waals surface area contributed by atoms with Crippen molar-refractivity contribution in [3.8, 4) is 0 Å². The van der Waals surface area contributed by atoms with Crippen LogP contribution >= 0.6 is 0 Å². The average molecular weight is 541 g/mol. The topological polar surface area (TPSA) is 150 Å². The second-order valence-corrected chi connectivity index (χ2v) is 11.3. The molecule has 0 spiro atoms. The van der Waals surface area contributed by atoms with Crippen LogP contribution in [-0.4, -0.2) is 50.5 Å². The van der Waals surface area contributed by atoms with E-state index >= 15 is 0 Å². The Morgan fingerprint density at radius 1 is 1.16 bits per heavy atom. The Morgan fingerprint density at radius 3 is 2.58 bits per heavy atom. The molecule has 38 heavy (non-hydrogen) atoms. The fourth-order valence-electron chi connectivity index (χ4n) is 4.20. The molecule has 1 aliphatic heterocycles. The Morgan fingerprint density at radius 2 is 1.92 bits per heavy atom. The first-order valence-electron chi connectivity index (χ1n) is 12.5. The van der Waals surface area contributed by atoms with Gasteiger partial charge in [0.2, 0.25) is 15.9 Å².